The van der Waals surface area contributed by atoms with E-state index in [1.165, 1.54) is 11.0 Å². The fourth-order valence-corrected chi connectivity index (χ4v) is 2.63. The quantitative estimate of drug-likeness (QED) is 0.824. The standard InChI is InChI=1S/C18H21FN4O2/c1-18(2,3)25-17(24)23-8-7-22(15(10-21)12-23)11-14-6-4-5-13(9-20)16(14)19/h4-6,15H,7-8,11-12H2,1-3H3. The van der Waals surface area contributed by atoms with Crippen molar-refractivity contribution in [3.8, 4) is 12.1 Å². The Morgan fingerprint density at radius 2 is 2.08 bits per heavy atom. The zero-order chi connectivity index (χ0) is 18.6. The van der Waals surface area contributed by atoms with Crippen LogP contribution < -0.4 is 0 Å². The van der Waals surface area contributed by atoms with Crippen LogP contribution in [0.2, 0.25) is 0 Å². The number of hydrogen-bond donors (Lipinski definition) is 0. The Morgan fingerprint density at radius 3 is 2.68 bits per heavy atom. The first-order valence-electron chi connectivity index (χ1n) is 8.04. The van der Waals surface area contributed by atoms with E-state index in [2.05, 4.69) is 6.07 Å². The number of rotatable bonds is 2. The molecule has 0 saturated carbocycles. The molecule has 0 N–H and O–H groups in total. The van der Waals surface area contributed by atoms with Gasteiger partial charge in [-0.1, -0.05) is 12.1 Å². The molecule has 1 amide bonds. The van der Waals surface area contributed by atoms with Crippen LogP contribution in [-0.2, 0) is 11.3 Å². The average molecular weight is 344 g/mol. The Hall–Kier alpha value is -2.64. The maximum absolute atomic E-state index is 14.2. The second kappa shape index (κ2) is 7.50. The highest BCUT2D eigenvalue weighted by molar-refractivity contribution is 5.68. The third kappa shape index (κ3) is 4.68. The van der Waals surface area contributed by atoms with Crippen molar-refractivity contribution in [2.45, 2.75) is 39.0 Å². The van der Waals surface area contributed by atoms with E-state index in [1.807, 2.05) is 6.07 Å². The molecule has 7 heteroatoms. The lowest BCUT2D eigenvalue weighted by Crippen LogP contribution is -2.54. The smallest absolute Gasteiger partial charge is 0.410 e. The van der Waals surface area contributed by atoms with Crippen molar-refractivity contribution >= 4 is 6.09 Å². The summed E-state index contributed by atoms with van der Waals surface area (Å²) in [6.07, 6.45) is -0.454. The van der Waals surface area contributed by atoms with Gasteiger partial charge in [0.15, 0.2) is 0 Å². The number of carbonyl (C=O) groups excluding carboxylic acids is 1. The van der Waals surface area contributed by atoms with Gasteiger partial charge in [0.25, 0.3) is 0 Å². The second-order valence-corrected chi connectivity index (χ2v) is 6.93. The van der Waals surface area contributed by atoms with E-state index in [9.17, 15) is 14.4 Å². The van der Waals surface area contributed by atoms with Crippen LogP contribution >= 0.6 is 0 Å². The fourth-order valence-electron chi connectivity index (χ4n) is 2.63. The molecule has 0 spiro atoms. The van der Waals surface area contributed by atoms with Gasteiger partial charge < -0.3 is 9.64 Å². The monoisotopic (exact) mass is 344 g/mol. The minimum Gasteiger partial charge on any atom is -0.444 e. The van der Waals surface area contributed by atoms with Crippen LogP contribution in [0.4, 0.5) is 9.18 Å². The lowest BCUT2D eigenvalue weighted by atomic mass is 10.1. The minimum absolute atomic E-state index is 0.0154. The Kier molecular flexibility index (Phi) is 5.61. The average Bonchev–Trinajstić information content (AvgIpc) is 2.55. The van der Waals surface area contributed by atoms with Crippen LogP contribution in [0, 0.1) is 28.5 Å². The largest absolute Gasteiger partial charge is 0.444 e. The molecule has 1 aliphatic heterocycles. The molecular formula is C18H21FN4O2. The van der Waals surface area contributed by atoms with E-state index < -0.39 is 23.6 Å². The van der Waals surface area contributed by atoms with Gasteiger partial charge in [-0.15, -0.1) is 0 Å². The number of hydrogen-bond acceptors (Lipinski definition) is 5. The zero-order valence-corrected chi connectivity index (χ0v) is 14.6. The number of nitriles is 2. The van der Waals surface area contributed by atoms with Gasteiger partial charge in [0.2, 0.25) is 0 Å². The third-order valence-electron chi connectivity index (χ3n) is 3.86. The molecular weight excluding hydrogens is 323 g/mol. The highest BCUT2D eigenvalue weighted by atomic mass is 19.1. The van der Waals surface area contributed by atoms with Crippen LogP contribution in [0.25, 0.3) is 0 Å². The van der Waals surface area contributed by atoms with Gasteiger partial charge in [-0.2, -0.15) is 10.5 Å². The van der Waals surface area contributed by atoms with E-state index in [4.69, 9.17) is 10.00 Å². The fraction of sp³-hybridized carbons (Fsp3) is 0.500. The normalized spacial score (nSPS) is 18.3. The first-order chi connectivity index (χ1) is 11.7. The summed E-state index contributed by atoms with van der Waals surface area (Å²) in [5.74, 6) is -0.559. The van der Waals surface area contributed by atoms with Gasteiger partial charge in [-0.05, 0) is 26.8 Å². The number of piperazine rings is 1. The number of carbonyl (C=O) groups is 1. The van der Waals surface area contributed by atoms with Crippen LogP contribution in [-0.4, -0.2) is 47.2 Å². The van der Waals surface area contributed by atoms with Gasteiger partial charge in [0.05, 0.1) is 18.2 Å². The predicted octanol–water partition coefficient (Wildman–Crippen LogP) is 2.64. The SMILES string of the molecule is CC(C)(C)OC(=O)N1CCN(Cc2cccc(C#N)c2F)C(C#N)C1. The van der Waals surface area contributed by atoms with Crippen molar-refractivity contribution < 1.29 is 13.9 Å². The van der Waals surface area contributed by atoms with E-state index >= 15 is 0 Å². The molecule has 25 heavy (non-hydrogen) atoms. The first-order valence-corrected chi connectivity index (χ1v) is 8.04. The van der Waals surface area contributed by atoms with Crippen molar-refractivity contribution in [2.75, 3.05) is 19.6 Å². The molecule has 1 unspecified atom stereocenters. The maximum Gasteiger partial charge on any atom is 0.410 e. The molecule has 0 aromatic heterocycles. The first kappa shape index (κ1) is 18.7. The molecule has 6 nitrogen and oxygen atoms in total. The molecule has 1 aromatic carbocycles. The lowest BCUT2D eigenvalue weighted by Gasteiger charge is -2.38. The summed E-state index contributed by atoms with van der Waals surface area (Å²) in [6.45, 7) is 6.59. The van der Waals surface area contributed by atoms with E-state index in [0.717, 1.165) is 0 Å². The van der Waals surface area contributed by atoms with Gasteiger partial charge in [-0.3, -0.25) is 4.90 Å². The van der Waals surface area contributed by atoms with Gasteiger partial charge >= 0.3 is 6.09 Å². The predicted molar refractivity (Wildman–Crippen MR) is 88.7 cm³/mol. The Balaban J connectivity index is 2.07. The van der Waals surface area contributed by atoms with Gasteiger partial charge in [0.1, 0.15) is 23.5 Å². The number of ether oxygens (including phenoxy) is 1. The molecule has 1 atom stereocenters. The van der Waals surface area contributed by atoms with E-state index in [1.54, 1.807) is 37.8 Å². The molecule has 1 saturated heterocycles. The summed E-state index contributed by atoms with van der Waals surface area (Å²) < 4.78 is 19.6. The summed E-state index contributed by atoms with van der Waals surface area (Å²) in [4.78, 5) is 15.5. The van der Waals surface area contributed by atoms with Crippen molar-refractivity contribution in [1.82, 2.24) is 9.80 Å². The van der Waals surface area contributed by atoms with Gasteiger partial charge in [0, 0.05) is 25.2 Å². The van der Waals surface area contributed by atoms with Gasteiger partial charge in [-0.25, -0.2) is 9.18 Å². The third-order valence-corrected chi connectivity index (χ3v) is 3.86. The molecule has 2 rings (SSSR count). The van der Waals surface area contributed by atoms with Crippen LogP contribution in [0.5, 0.6) is 0 Å². The van der Waals surface area contributed by atoms with Crippen molar-refractivity contribution in [3.05, 3.63) is 35.1 Å². The number of nitrogens with zero attached hydrogens (tertiary/aromatic N) is 4. The molecule has 1 aromatic rings. The highest BCUT2D eigenvalue weighted by Crippen LogP contribution is 2.19. The molecule has 1 aliphatic rings. The molecule has 0 bridgehead atoms. The molecule has 1 fully saturated rings. The Labute approximate surface area is 147 Å². The molecule has 0 aliphatic carbocycles. The van der Waals surface area contributed by atoms with E-state index in [-0.39, 0.29) is 18.7 Å². The Morgan fingerprint density at radius 1 is 1.36 bits per heavy atom. The van der Waals surface area contributed by atoms with Crippen LogP contribution in [0.1, 0.15) is 31.9 Å². The van der Waals surface area contributed by atoms with Crippen molar-refractivity contribution in [2.24, 2.45) is 0 Å². The summed E-state index contributed by atoms with van der Waals surface area (Å²) in [5, 5.41) is 18.3. The Bertz CT molecular complexity index is 730. The maximum atomic E-state index is 14.2. The lowest BCUT2D eigenvalue weighted by molar-refractivity contribution is 0.00822. The molecule has 132 valence electrons. The van der Waals surface area contributed by atoms with Crippen molar-refractivity contribution in [1.29, 1.82) is 10.5 Å². The molecule has 0 radical (unpaired) electrons. The highest BCUT2D eigenvalue weighted by Gasteiger charge is 2.32. The number of benzene rings is 1. The summed E-state index contributed by atoms with van der Waals surface area (Å²) in [6, 6.07) is 8.05. The van der Waals surface area contributed by atoms with Crippen LogP contribution in [0.15, 0.2) is 18.2 Å². The number of halogens is 1. The molecule has 1 heterocycles. The summed E-state index contributed by atoms with van der Waals surface area (Å²) in [5.41, 5.74) is -0.250. The van der Waals surface area contributed by atoms with Crippen molar-refractivity contribution in [3.63, 3.8) is 0 Å². The minimum atomic E-state index is -0.600. The second-order valence-electron chi connectivity index (χ2n) is 6.93. The van der Waals surface area contributed by atoms with E-state index in [0.29, 0.717) is 18.7 Å². The topological polar surface area (TPSA) is 80.4 Å². The summed E-state index contributed by atoms with van der Waals surface area (Å²) in [7, 11) is 0. The zero-order valence-electron chi connectivity index (χ0n) is 14.6. The number of amides is 1. The van der Waals surface area contributed by atoms with Crippen LogP contribution in [0.3, 0.4) is 0 Å². The summed E-state index contributed by atoms with van der Waals surface area (Å²) >= 11 is 0.